The molecule has 2 aromatic carbocycles. The predicted octanol–water partition coefficient (Wildman–Crippen LogP) is 6.61. The van der Waals surface area contributed by atoms with E-state index in [0.29, 0.717) is 18.4 Å². The van der Waals surface area contributed by atoms with Gasteiger partial charge in [0.05, 0.1) is 11.9 Å². The van der Waals surface area contributed by atoms with Gasteiger partial charge >= 0.3 is 0 Å². The van der Waals surface area contributed by atoms with Crippen LogP contribution in [0.2, 0.25) is 0 Å². The molecule has 1 fully saturated rings. The molecule has 1 aliphatic heterocycles. The molecule has 232 valence electrons. The molecule has 0 aliphatic carbocycles. The van der Waals surface area contributed by atoms with E-state index in [1.807, 2.05) is 48.7 Å². The van der Waals surface area contributed by atoms with Crippen LogP contribution < -0.4 is 16.0 Å². The van der Waals surface area contributed by atoms with Crippen LogP contribution >= 0.6 is 0 Å². The molecule has 1 saturated heterocycles. The molecule has 9 nitrogen and oxygen atoms in total. The average Bonchev–Trinajstić information content (AvgIpc) is 3.45. The Morgan fingerprint density at radius 2 is 2.00 bits per heavy atom. The van der Waals surface area contributed by atoms with Gasteiger partial charge in [0.25, 0.3) is 0 Å². The van der Waals surface area contributed by atoms with Crippen molar-refractivity contribution in [2.75, 3.05) is 17.2 Å². The lowest BCUT2D eigenvalue weighted by Gasteiger charge is -2.36. The number of ketones is 1. The fourth-order valence-corrected chi connectivity index (χ4v) is 5.82. The van der Waals surface area contributed by atoms with Crippen LogP contribution in [-0.2, 0) is 17.8 Å². The molecule has 5 aromatic rings. The van der Waals surface area contributed by atoms with E-state index in [0.717, 1.165) is 63.8 Å². The summed E-state index contributed by atoms with van der Waals surface area (Å²) in [6.07, 6.45) is 5.68. The first kappa shape index (κ1) is 30.3. The second kappa shape index (κ2) is 12.4. The zero-order valence-electron chi connectivity index (χ0n) is 26.2. The Balaban J connectivity index is 1.30. The highest BCUT2D eigenvalue weighted by molar-refractivity contribution is 5.98. The summed E-state index contributed by atoms with van der Waals surface area (Å²) < 4.78 is 15.1. The largest absolute Gasteiger partial charge is 0.350 e. The summed E-state index contributed by atoms with van der Waals surface area (Å²) >= 11 is 0. The van der Waals surface area contributed by atoms with Crippen molar-refractivity contribution in [3.8, 4) is 11.3 Å². The summed E-state index contributed by atoms with van der Waals surface area (Å²) in [6.45, 7) is 13.2. The number of fused-ring (bicyclic) bond motifs is 2. The van der Waals surface area contributed by atoms with E-state index in [-0.39, 0.29) is 23.9 Å². The number of carbonyl (C=O) groups excluding carboxylic acids is 1. The van der Waals surface area contributed by atoms with Gasteiger partial charge in [-0.2, -0.15) is 19.6 Å². The first-order valence-corrected chi connectivity index (χ1v) is 15.4. The van der Waals surface area contributed by atoms with Crippen molar-refractivity contribution in [1.82, 2.24) is 29.9 Å². The van der Waals surface area contributed by atoms with Gasteiger partial charge in [-0.1, -0.05) is 62.9 Å². The fourth-order valence-electron chi connectivity index (χ4n) is 5.82. The van der Waals surface area contributed by atoms with Gasteiger partial charge in [0.15, 0.2) is 17.3 Å². The van der Waals surface area contributed by atoms with E-state index in [4.69, 9.17) is 15.0 Å². The van der Waals surface area contributed by atoms with E-state index in [2.05, 4.69) is 61.4 Å². The van der Waals surface area contributed by atoms with Crippen molar-refractivity contribution in [2.24, 2.45) is 0 Å². The van der Waals surface area contributed by atoms with Gasteiger partial charge in [-0.25, -0.2) is 4.39 Å². The maximum Gasteiger partial charge on any atom is 0.229 e. The smallest absolute Gasteiger partial charge is 0.229 e. The van der Waals surface area contributed by atoms with E-state index < -0.39 is 11.6 Å². The summed E-state index contributed by atoms with van der Waals surface area (Å²) in [5, 5.41) is 17.2. The fraction of sp³-hybridized carbons (Fsp3) is 0.343. The molecule has 4 heterocycles. The van der Waals surface area contributed by atoms with E-state index in [9.17, 15) is 9.18 Å². The topological polar surface area (TPSA) is 109 Å². The molecule has 0 spiro atoms. The number of Topliss-reactive ketones (excluding diaryl/α,β-unsaturated/α-hetero) is 1. The van der Waals surface area contributed by atoms with E-state index >= 15 is 0 Å². The van der Waals surface area contributed by atoms with Crippen LogP contribution in [0, 0.1) is 0 Å². The van der Waals surface area contributed by atoms with Crippen LogP contribution in [0.5, 0.6) is 0 Å². The van der Waals surface area contributed by atoms with Crippen molar-refractivity contribution < 1.29 is 9.18 Å². The Morgan fingerprint density at radius 3 is 2.76 bits per heavy atom. The van der Waals surface area contributed by atoms with Gasteiger partial charge in [-0.05, 0) is 55.2 Å². The van der Waals surface area contributed by atoms with Crippen molar-refractivity contribution in [1.29, 1.82) is 0 Å². The molecule has 3 aromatic heterocycles. The van der Waals surface area contributed by atoms with Crippen LogP contribution in [0.15, 0.2) is 73.3 Å². The number of carbonyl (C=O) groups is 1. The zero-order valence-corrected chi connectivity index (χ0v) is 26.2. The first-order chi connectivity index (χ1) is 21.6. The summed E-state index contributed by atoms with van der Waals surface area (Å²) in [6, 6.07) is 15.9. The molecule has 0 bridgehead atoms. The van der Waals surface area contributed by atoms with Crippen molar-refractivity contribution in [2.45, 2.75) is 71.0 Å². The van der Waals surface area contributed by atoms with Gasteiger partial charge in [-0.15, -0.1) is 0 Å². The van der Waals surface area contributed by atoms with Gasteiger partial charge < -0.3 is 16.0 Å². The number of hydrogen-bond donors (Lipinski definition) is 3. The molecule has 1 atom stereocenters. The highest BCUT2D eigenvalue weighted by atomic mass is 19.1. The molecule has 6 rings (SSSR count). The second-order valence-electron chi connectivity index (χ2n) is 12.7. The summed E-state index contributed by atoms with van der Waals surface area (Å²) in [4.78, 5) is 26.4. The third-order valence-corrected chi connectivity index (χ3v) is 8.50. The molecule has 0 radical (unpaired) electrons. The Morgan fingerprint density at radius 1 is 1.18 bits per heavy atom. The minimum atomic E-state index is -0.929. The highest BCUT2D eigenvalue weighted by Crippen LogP contribution is 2.31. The lowest BCUT2D eigenvalue weighted by Crippen LogP contribution is -2.50. The first-order valence-electron chi connectivity index (χ1n) is 15.4. The number of nitrogens with zero attached hydrogens (tertiary/aromatic N) is 5. The number of rotatable bonds is 10. The van der Waals surface area contributed by atoms with Crippen molar-refractivity contribution in [3.05, 3.63) is 90.0 Å². The number of nitrogens with one attached hydrogen (secondary N) is 3. The number of pyridine rings is 1. The summed E-state index contributed by atoms with van der Waals surface area (Å²) in [5.74, 6) is -0.116. The second-order valence-corrected chi connectivity index (χ2v) is 12.7. The minimum absolute atomic E-state index is 0.0329. The molecule has 0 amide bonds. The SMILES string of the molecule is C=C(F)C(=O)Cc1ccc2c(-c3ccccc3CNc3nc(N[C@H]4CCC(C)(C)NC4)nc4c(C(C)C)cnn34)nccc2c1. The number of aromatic nitrogens is 5. The summed E-state index contributed by atoms with van der Waals surface area (Å²) in [5.41, 5.74) is 5.52. The van der Waals surface area contributed by atoms with Crippen LogP contribution in [0.1, 0.15) is 63.1 Å². The third kappa shape index (κ3) is 6.56. The Hall–Kier alpha value is -4.70. The molecule has 3 N–H and O–H groups in total. The third-order valence-electron chi connectivity index (χ3n) is 8.50. The van der Waals surface area contributed by atoms with Crippen LogP contribution in [-0.4, -0.2) is 48.5 Å². The predicted molar refractivity (Wildman–Crippen MR) is 177 cm³/mol. The number of hydrogen-bond acceptors (Lipinski definition) is 8. The average molecular weight is 607 g/mol. The normalized spacial score (nSPS) is 16.3. The molecule has 0 unspecified atom stereocenters. The molecule has 45 heavy (non-hydrogen) atoms. The lowest BCUT2D eigenvalue weighted by atomic mass is 9.91. The number of halogens is 1. The van der Waals surface area contributed by atoms with Crippen molar-refractivity contribution >= 4 is 34.1 Å². The monoisotopic (exact) mass is 606 g/mol. The number of piperidine rings is 1. The maximum absolute atomic E-state index is 13.3. The molecule has 1 aliphatic rings. The number of benzene rings is 2. The molecule has 10 heteroatoms. The van der Waals surface area contributed by atoms with Gasteiger partial charge in [-0.3, -0.25) is 9.78 Å². The van der Waals surface area contributed by atoms with E-state index in [1.165, 1.54) is 0 Å². The highest BCUT2D eigenvalue weighted by Gasteiger charge is 2.27. The quantitative estimate of drug-likeness (QED) is 0.152. The van der Waals surface area contributed by atoms with Gasteiger partial charge in [0.1, 0.15) is 0 Å². The van der Waals surface area contributed by atoms with Crippen molar-refractivity contribution in [3.63, 3.8) is 0 Å². The van der Waals surface area contributed by atoms with Crippen LogP contribution in [0.3, 0.4) is 0 Å². The van der Waals surface area contributed by atoms with Crippen LogP contribution in [0.25, 0.3) is 27.7 Å². The van der Waals surface area contributed by atoms with Gasteiger partial charge in [0.2, 0.25) is 11.9 Å². The Kier molecular flexibility index (Phi) is 8.33. The number of allylic oxidation sites excluding steroid dienone is 1. The minimum Gasteiger partial charge on any atom is -0.350 e. The van der Waals surface area contributed by atoms with Crippen LogP contribution in [0.4, 0.5) is 16.3 Å². The lowest BCUT2D eigenvalue weighted by molar-refractivity contribution is -0.116. The molecular weight excluding hydrogens is 567 g/mol. The number of anilines is 2. The van der Waals surface area contributed by atoms with E-state index in [1.54, 1.807) is 10.7 Å². The molecular formula is C35H39FN8O. The summed E-state index contributed by atoms with van der Waals surface area (Å²) in [7, 11) is 0. The zero-order chi connectivity index (χ0) is 31.7. The van der Waals surface area contributed by atoms with Gasteiger partial charge in [0, 0.05) is 53.8 Å². The Labute approximate surface area is 262 Å². The standard InChI is InChI=1S/C35H39FN8O/c1-21(2)29-20-40-44-32(29)42-33(41-26-12-14-35(4,5)39-19-26)43-34(44)38-18-25-8-6-7-9-27(25)31-28-11-10-23(17-30(45)22(3)36)16-24(28)13-15-37-31/h6-11,13,15-16,20-21,26,39H,3,12,14,17-19H2,1-2,4-5H3,(H2,38,41,42,43)/t26-/m0/s1. The molecule has 0 saturated carbocycles. The Bertz CT molecular complexity index is 1890. The maximum atomic E-state index is 13.3.